The Hall–Kier alpha value is -2.69. The van der Waals surface area contributed by atoms with Crippen molar-refractivity contribution >= 4 is 23.0 Å². The summed E-state index contributed by atoms with van der Waals surface area (Å²) in [7, 11) is 0. The van der Waals surface area contributed by atoms with E-state index in [9.17, 15) is 4.79 Å². The van der Waals surface area contributed by atoms with Crippen LogP contribution >= 0.6 is 0 Å². The fourth-order valence-corrected chi connectivity index (χ4v) is 2.71. The summed E-state index contributed by atoms with van der Waals surface area (Å²) in [6.45, 7) is 0. The molecule has 1 saturated heterocycles. The van der Waals surface area contributed by atoms with Crippen molar-refractivity contribution in [1.82, 2.24) is 20.7 Å². The second-order valence-electron chi connectivity index (χ2n) is 4.96. The molecule has 2 aliphatic rings. The van der Waals surface area contributed by atoms with Gasteiger partial charge in [0.25, 0.3) is 5.91 Å². The Labute approximate surface area is 115 Å². The highest BCUT2D eigenvalue weighted by atomic mass is 16.2. The number of carbonyl (C=O) groups is 1. The summed E-state index contributed by atoms with van der Waals surface area (Å²) in [5.41, 5.74) is 4.39. The topological polar surface area (TPSA) is 70.7 Å². The van der Waals surface area contributed by atoms with Gasteiger partial charge in [-0.2, -0.15) is 15.4 Å². The van der Waals surface area contributed by atoms with Crippen LogP contribution < -0.4 is 5.32 Å². The number of nitrogens with one attached hydrogen (secondary N) is 2. The Bertz CT molecular complexity index is 797. The number of hydrogen-bond acceptors (Lipinski definition) is 3. The number of amides is 1. The highest BCUT2D eigenvalue weighted by Gasteiger charge is 2.32. The molecule has 5 nitrogen and oxygen atoms in total. The standard InChI is InChI=1S/C15H12N4O/c20-15-11(10-3-1-2-4-12(10)16-15)7-9-5-6-13-14(8-9)18-19-17-13/h1-2,4-8,10H,3H2,(H,16,20)(H,17,18,19). The lowest BCUT2D eigenvalue weighted by atomic mass is 9.91. The first-order chi connectivity index (χ1) is 9.81. The molecular formula is C15H12N4O. The third-order valence-corrected chi connectivity index (χ3v) is 3.72. The molecule has 1 aromatic heterocycles. The monoisotopic (exact) mass is 264 g/mol. The van der Waals surface area contributed by atoms with E-state index in [1.54, 1.807) is 0 Å². The predicted octanol–water partition coefficient (Wildman–Crippen LogP) is 1.93. The quantitative estimate of drug-likeness (QED) is 0.773. The summed E-state index contributed by atoms with van der Waals surface area (Å²) in [5.74, 6) is 0.144. The first-order valence-electron chi connectivity index (χ1n) is 6.51. The third kappa shape index (κ3) is 1.67. The number of hydrogen-bond donors (Lipinski definition) is 2. The van der Waals surface area contributed by atoms with E-state index >= 15 is 0 Å². The minimum absolute atomic E-state index is 0.00907. The summed E-state index contributed by atoms with van der Waals surface area (Å²) in [5, 5.41) is 13.6. The normalized spacial score (nSPS) is 23.0. The molecule has 2 heterocycles. The highest BCUT2D eigenvalue weighted by Crippen LogP contribution is 2.33. The number of nitrogens with zero attached hydrogens (tertiary/aromatic N) is 2. The van der Waals surface area contributed by atoms with Crippen LogP contribution in [0.4, 0.5) is 0 Å². The van der Waals surface area contributed by atoms with Gasteiger partial charge in [0.15, 0.2) is 0 Å². The fourth-order valence-electron chi connectivity index (χ4n) is 2.71. The van der Waals surface area contributed by atoms with Gasteiger partial charge < -0.3 is 5.32 Å². The molecule has 5 heteroatoms. The molecule has 98 valence electrons. The first kappa shape index (κ1) is 11.2. The second-order valence-corrected chi connectivity index (χ2v) is 4.96. The van der Waals surface area contributed by atoms with Crippen LogP contribution in [0.3, 0.4) is 0 Å². The zero-order chi connectivity index (χ0) is 13.5. The van der Waals surface area contributed by atoms with Crippen LogP contribution in [0.5, 0.6) is 0 Å². The molecule has 1 aliphatic carbocycles. The van der Waals surface area contributed by atoms with Crippen LogP contribution in [0, 0.1) is 5.92 Å². The number of carbonyl (C=O) groups excluding carboxylic acids is 1. The van der Waals surface area contributed by atoms with E-state index in [0.29, 0.717) is 0 Å². The summed E-state index contributed by atoms with van der Waals surface area (Å²) >= 11 is 0. The number of aromatic amines is 1. The van der Waals surface area contributed by atoms with Crippen molar-refractivity contribution in [1.29, 1.82) is 0 Å². The molecule has 0 radical (unpaired) electrons. The van der Waals surface area contributed by atoms with Crippen LogP contribution in [0.25, 0.3) is 17.1 Å². The molecule has 0 bridgehead atoms. The van der Waals surface area contributed by atoms with Gasteiger partial charge in [0.05, 0.1) is 0 Å². The van der Waals surface area contributed by atoms with Crippen molar-refractivity contribution in [3.8, 4) is 0 Å². The minimum atomic E-state index is -0.00907. The lowest BCUT2D eigenvalue weighted by molar-refractivity contribution is -0.115. The molecule has 20 heavy (non-hydrogen) atoms. The molecule has 0 saturated carbocycles. The van der Waals surface area contributed by atoms with Crippen LogP contribution in [0.15, 0.2) is 47.7 Å². The molecule has 2 aromatic rings. The largest absolute Gasteiger partial charge is 0.325 e. The zero-order valence-corrected chi connectivity index (χ0v) is 10.6. The van der Waals surface area contributed by atoms with Gasteiger partial charge in [-0.05, 0) is 36.3 Å². The van der Waals surface area contributed by atoms with E-state index in [4.69, 9.17) is 0 Å². The molecule has 4 rings (SSSR count). The third-order valence-electron chi connectivity index (χ3n) is 3.72. The van der Waals surface area contributed by atoms with E-state index in [1.807, 2.05) is 36.4 Å². The maximum atomic E-state index is 12.1. The highest BCUT2D eigenvalue weighted by molar-refractivity contribution is 6.03. The summed E-state index contributed by atoms with van der Waals surface area (Å²) in [6, 6.07) is 5.78. The van der Waals surface area contributed by atoms with Crippen molar-refractivity contribution < 1.29 is 4.79 Å². The zero-order valence-electron chi connectivity index (χ0n) is 10.6. The van der Waals surface area contributed by atoms with Crippen molar-refractivity contribution in [3.05, 3.63) is 53.3 Å². The summed E-state index contributed by atoms with van der Waals surface area (Å²) in [6.07, 6.45) is 8.84. The van der Waals surface area contributed by atoms with E-state index in [2.05, 4.69) is 26.8 Å². The van der Waals surface area contributed by atoms with E-state index in [-0.39, 0.29) is 11.8 Å². The first-order valence-corrected chi connectivity index (χ1v) is 6.51. The molecule has 1 aromatic carbocycles. The predicted molar refractivity (Wildman–Crippen MR) is 75.3 cm³/mol. The Morgan fingerprint density at radius 1 is 1.25 bits per heavy atom. The lowest BCUT2D eigenvalue weighted by Crippen LogP contribution is -2.13. The van der Waals surface area contributed by atoms with Gasteiger partial charge in [-0.3, -0.25) is 4.79 Å². The molecule has 2 N–H and O–H groups in total. The molecular weight excluding hydrogens is 252 g/mol. The Morgan fingerprint density at radius 2 is 2.15 bits per heavy atom. The van der Waals surface area contributed by atoms with E-state index in [1.165, 1.54) is 0 Å². The van der Waals surface area contributed by atoms with Gasteiger partial charge in [0, 0.05) is 17.2 Å². The average molecular weight is 264 g/mol. The molecule has 1 amide bonds. The number of benzene rings is 1. The Kier molecular flexibility index (Phi) is 2.32. The fraction of sp³-hybridized carbons (Fsp3) is 0.133. The van der Waals surface area contributed by atoms with Crippen LogP contribution in [0.1, 0.15) is 12.0 Å². The van der Waals surface area contributed by atoms with Gasteiger partial charge in [-0.1, -0.05) is 18.2 Å². The van der Waals surface area contributed by atoms with Gasteiger partial charge in [-0.25, -0.2) is 0 Å². The average Bonchev–Trinajstić information content (AvgIpc) is 3.04. The van der Waals surface area contributed by atoms with Gasteiger partial charge in [0.2, 0.25) is 0 Å². The minimum Gasteiger partial charge on any atom is -0.325 e. The van der Waals surface area contributed by atoms with Crippen LogP contribution in [-0.4, -0.2) is 21.3 Å². The number of H-pyrrole nitrogens is 1. The summed E-state index contributed by atoms with van der Waals surface area (Å²) in [4.78, 5) is 12.1. The number of rotatable bonds is 1. The SMILES string of the molecule is O=C1NC2=CC=CCC2C1=Cc1ccc2n[nH]nc2c1. The van der Waals surface area contributed by atoms with Gasteiger partial charge in [0.1, 0.15) is 11.0 Å². The molecule has 1 aliphatic heterocycles. The number of fused-ring (bicyclic) bond motifs is 2. The smallest absolute Gasteiger partial charge is 0.252 e. The molecule has 1 atom stereocenters. The van der Waals surface area contributed by atoms with E-state index in [0.717, 1.165) is 34.3 Å². The number of allylic oxidation sites excluding steroid dienone is 4. The molecule has 1 unspecified atom stereocenters. The van der Waals surface area contributed by atoms with E-state index < -0.39 is 0 Å². The van der Waals surface area contributed by atoms with Gasteiger partial charge in [-0.15, -0.1) is 0 Å². The van der Waals surface area contributed by atoms with Crippen molar-refractivity contribution in [2.75, 3.05) is 0 Å². The maximum absolute atomic E-state index is 12.1. The Balaban J connectivity index is 1.77. The van der Waals surface area contributed by atoms with Crippen LogP contribution in [0.2, 0.25) is 0 Å². The lowest BCUT2D eigenvalue weighted by Gasteiger charge is -2.11. The van der Waals surface area contributed by atoms with Crippen molar-refractivity contribution in [2.24, 2.45) is 5.92 Å². The molecule has 1 fully saturated rings. The summed E-state index contributed by atoms with van der Waals surface area (Å²) < 4.78 is 0. The van der Waals surface area contributed by atoms with Crippen molar-refractivity contribution in [2.45, 2.75) is 6.42 Å². The van der Waals surface area contributed by atoms with Crippen LogP contribution in [-0.2, 0) is 4.79 Å². The Morgan fingerprint density at radius 3 is 3.10 bits per heavy atom. The second kappa shape index (κ2) is 4.16. The van der Waals surface area contributed by atoms with Crippen molar-refractivity contribution in [3.63, 3.8) is 0 Å². The number of aromatic nitrogens is 3. The van der Waals surface area contributed by atoms with Gasteiger partial charge >= 0.3 is 0 Å². The maximum Gasteiger partial charge on any atom is 0.252 e. The molecule has 0 spiro atoms.